The van der Waals surface area contributed by atoms with E-state index in [-0.39, 0.29) is 11.3 Å². The summed E-state index contributed by atoms with van der Waals surface area (Å²) in [5.41, 5.74) is 2.04. The first kappa shape index (κ1) is 16.6. The van der Waals surface area contributed by atoms with Gasteiger partial charge < -0.3 is 10.4 Å². The highest BCUT2D eigenvalue weighted by Gasteiger charge is 2.17. The zero-order valence-corrected chi connectivity index (χ0v) is 14.3. The van der Waals surface area contributed by atoms with E-state index in [9.17, 15) is 9.90 Å². The molecule has 0 aliphatic carbocycles. The van der Waals surface area contributed by atoms with Gasteiger partial charge in [0.15, 0.2) is 5.75 Å². The maximum absolute atomic E-state index is 12.4. The van der Waals surface area contributed by atoms with Crippen LogP contribution in [0.4, 0.5) is 0 Å². The molecule has 1 amide bonds. The van der Waals surface area contributed by atoms with Gasteiger partial charge in [0.2, 0.25) is 0 Å². The van der Waals surface area contributed by atoms with E-state index in [1.807, 2.05) is 12.1 Å². The fraction of sp³-hybridized carbons (Fsp3) is 0.111. The van der Waals surface area contributed by atoms with Crippen LogP contribution in [0.2, 0.25) is 10.0 Å². The van der Waals surface area contributed by atoms with Crippen LogP contribution in [0.25, 0.3) is 10.9 Å². The van der Waals surface area contributed by atoms with Crippen molar-refractivity contribution in [1.82, 2.24) is 10.3 Å². The molecule has 0 bridgehead atoms. The number of nitrogens with zero attached hydrogens (tertiary/aromatic N) is 1. The third kappa shape index (κ3) is 3.30. The van der Waals surface area contributed by atoms with Gasteiger partial charge >= 0.3 is 0 Å². The quantitative estimate of drug-likeness (QED) is 0.723. The van der Waals surface area contributed by atoms with Gasteiger partial charge in [0.1, 0.15) is 5.52 Å². The van der Waals surface area contributed by atoms with Crippen molar-refractivity contribution in [2.45, 2.75) is 13.5 Å². The Kier molecular flexibility index (Phi) is 4.60. The highest BCUT2D eigenvalue weighted by molar-refractivity contribution is 6.36. The van der Waals surface area contributed by atoms with E-state index in [0.717, 1.165) is 11.3 Å². The third-order valence-corrected chi connectivity index (χ3v) is 4.22. The van der Waals surface area contributed by atoms with Crippen LogP contribution in [0, 0.1) is 6.92 Å². The summed E-state index contributed by atoms with van der Waals surface area (Å²) in [6, 6.07) is 12.2. The number of hydrogen-bond acceptors (Lipinski definition) is 3. The van der Waals surface area contributed by atoms with Crippen molar-refractivity contribution in [3.05, 3.63) is 69.3 Å². The lowest BCUT2D eigenvalue weighted by Crippen LogP contribution is -2.23. The van der Waals surface area contributed by atoms with Crippen LogP contribution in [0.1, 0.15) is 21.6 Å². The molecule has 0 aliphatic heterocycles. The summed E-state index contributed by atoms with van der Waals surface area (Å²) in [6.07, 6.45) is 0. The average molecular weight is 361 g/mol. The predicted molar refractivity (Wildman–Crippen MR) is 95.8 cm³/mol. The number of phenolic OH excluding ortho intramolecular Hbond substituents is 1. The number of amides is 1. The number of aromatic hydroxyl groups is 1. The largest absolute Gasteiger partial charge is 0.505 e. The van der Waals surface area contributed by atoms with Gasteiger partial charge in [-0.25, -0.2) is 4.98 Å². The predicted octanol–water partition coefficient (Wildman–Crippen LogP) is 4.49. The van der Waals surface area contributed by atoms with Crippen LogP contribution in [0.15, 0.2) is 42.5 Å². The van der Waals surface area contributed by atoms with E-state index in [4.69, 9.17) is 23.2 Å². The Bertz CT molecular complexity index is 924. The number of pyridine rings is 1. The molecule has 0 spiro atoms. The Balaban J connectivity index is 1.89. The monoisotopic (exact) mass is 360 g/mol. The van der Waals surface area contributed by atoms with Gasteiger partial charge in [-0.1, -0.05) is 35.3 Å². The standard InChI is InChI=1S/C18H14Cl2N2O2/c1-10-2-7-13-15(20)8-14(17(23)16(13)22-10)18(24)21-9-11-3-5-12(19)6-4-11/h2-8,23H,9H2,1H3,(H,21,24). The average Bonchev–Trinajstić information content (AvgIpc) is 2.57. The minimum atomic E-state index is -0.422. The summed E-state index contributed by atoms with van der Waals surface area (Å²) in [7, 11) is 0. The third-order valence-electron chi connectivity index (χ3n) is 3.65. The van der Waals surface area contributed by atoms with Gasteiger partial charge in [0, 0.05) is 22.6 Å². The number of halogens is 2. The van der Waals surface area contributed by atoms with Crippen molar-refractivity contribution < 1.29 is 9.90 Å². The van der Waals surface area contributed by atoms with Gasteiger partial charge in [-0.15, -0.1) is 0 Å². The fourth-order valence-electron chi connectivity index (χ4n) is 2.38. The molecule has 3 rings (SSSR count). The molecule has 0 saturated heterocycles. The number of fused-ring (bicyclic) bond motifs is 1. The number of aromatic nitrogens is 1. The summed E-state index contributed by atoms with van der Waals surface area (Å²) in [5.74, 6) is -0.596. The SMILES string of the molecule is Cc1ccc2c(Cl)cc(C(=O)NCc3ccc(Cl)cc3)c(O)c2n1. The van der Waals surface area contributed by atoms with E-state index in [2.05, 4.69) is 10.3 Å². The normalized spacial score (nSPS) is 10.8. The Labute approximate surface area is 149 Å². The molecular weight excluding hydrogens is 347 g/mol. The number of nitrogens with one attached hydrogen (secondary N) is 1. The molecule has 2 aromatic carbocycles. The molecule has 0 atom stereocenters. The maximum Gasteiger partial charge on any atom is 0.255 e. The molecule has 0 unspecified atom stereocenters. The van der Waals surface area contributed by atoms with Crippen LogP contribution in [-0.4, -0.2) is 16.0 Å². The molecule has 122 valence electrons. The van der Waals surface area contributed by atoms with Crippen molar-refractivity contribution in [1.29, 1.82) is 0 Å². The van der Waals surface area contributed by atoms with E-state index in [1.54, 1.807) is 31.2 Å². The molecule has 0 radical (unpaired) electrons. The highest BCUT2D eigenvalue weighted by Crippen LogP contribution is 2.33. The summed E-state index contributed by atoms with van der Waals surface area (Å²) in [5, 5.41) is 14.8. The Morgan fingerprint density at radius 3 is 2.58 bits per heavy atom. The Morgan fingerprint density at radius 2 is 1.88 bits per heavy atom. The highest BCUT2D eigenvalue weighted by atomic mass is 35.5. The summed E-state index contributed by atoms with van der Waals surface area (Å²) >= 11 is 12.1. The second kappa shape index (κ2) is 6.67. The zero-order valence-electron chi connectivity index (χ0n) is 12.8. The fourth-order valence-corrected chi connectivity index (χ4v) is 2.77. The van der Waals surface area contributed by atoms with Crippen LogP contribution in [0.3, 0.4) is 0 Å². The lowest BCUT2D eigenvalue weighted by Gasteiger charge is -2.10. The minimum absolute atomic E-state index is 0.0968. The van der Waals surface area contributed by atoms with E-state index in [0.29, 0.717) is 27.5 Å². The molecule has 6 heteroatoms. The number of carbonyl (C=O) groups excluding carboxylic acids is 1. The first-order valence-electron chi connectivity index (χ1n) is 7.27. The second-order valence-corrected chi connectivity index (χ2v) is 6.26. The lowest BCUT2D eigenvalue weighted by atomic mass is 10.1. The number of rotatable bonds is 3. The lowest BCUT2D eigenvalue weighted by molar-refractivity contribution is 0.0948. The number of phenols is 1. The van der Waals surface area contributed by atoms with Crippen molar-refractivity contribution in [3.8, 4) is 5.75 Å². The van der Waals surface area contributed by atoms with E-state index >= 15 is 0 Å². The van der Waals surface area contributed by atoms with Crippen molar-refractivity contribution in [2.24, 2.45) is 0 Å². The van der Waals surface area contributed by atoms with Crippen molar-refractivity contribution in [2.75, 3.05) is 0 Å². The van der Waals surface area contributed by atoms with Gasteiger partial charge in [0.25, 0.3) is 5.91 Å². The second-order valence-electron chi connectivity index (χ2n) is 5.41. The maximum atomic E-state index is 12.4. The minimum Gasteiger partial charge on any atom is -0.505 e. The molecule has 0 fully saturated rings. The van der Waals surface area contributed by atoms with Crippen LogP contribution >= 0.6 is 23.2 Å². The number of hydrogen-bond donors (Lipinski definition) is 2. The van der Waals surface area contributed by atoms with Gasteiger partial charge in [0.05, 0.1) is 10.6 Å². The zero-order chi connectivity index (χ0) is 17.3. The van der Waals surface area contributed by atoms with Crippen molar-refractivity contribution in [3.63, 3.8) is 0 Å². The molecule has 0 aliphatic rings. The van der Waals surface area contributed by atoms with Crippen LogP contribution < -0.4 is 5.32 Å². The summed E-state index contributed by atoms with van der Waals surface area (Å²) in [4.78, 5) is 16.7. The van der Waals surface area contributed by atoms with E-state index < -0.39 is 5.91 Å². The Morgan fingerprint density at radius 1 is 1.17 bits per heavy atom. The van der Waals surface area contributed by atoms with Gasteiger partial charge in [-0.2, -0.15) is 0 Å². The topological polar surface area (TPSA) is 62.2 Å². The molecule has 24 heavy (non-hydrogen) atoms. The van der Waals surface area contributed by atoms with E-state index in [1.165, 1.54) is 6.07 Å². The smallest absolute Gasteiger partial charge is 0.255 e. The Hall–Kier alpha value is -2.30. The molecule has 0 saturated carbocycles. The van der Waals surface area contributed by atoms with Crippen LogP contribution in [0.5, 0.6) is 5.75 Å². The number of carbonyl (C=O) groups is 1. The molecule has 1 heterocycles. The van der Waals surface area contributed by atoms with Crippen LogP contribution in [-0.2, 0) is 6.54 Å². The molecule has 3 aromatic rings. The van der Waals surface area contributed by atoms with Crippen molar-refractivity contribution >= 4 is 40.0 Å². The first-order valence-corrected chi connectivity index (χ1v) is 8.03. The summed E-state index contributed by atoms with van der Waals surface area (Å²) < 4.78 is 0. The number of benzene rings is 2. The van der Waals surface area contributed by atoms with Gasteiger partial charge in [-0.3, -0.25) is 4.79 Å². The molecular formula is C18H14Cl2N2O2. The van der Waals surface area contributed by atoms with Gasteiger partial charge in [-0.05, 0) is 42.8 Å². The molecule has 4 nitrogen and oxygen atoms in total. The molecule has 1 aromatic heterocycles. The number of aryl methyl sites for hydroxylation is 1. The molecule has 2 N–H and O–H groups in total. The summed E-state index contributed by atoms with van der Waals surface area (Å²) in [6.45, 7) is 2.12. The first-order chi connectivity index (χ1) is 11.5.